The Morgan fingerprint density at radius 3 is 2.33 bits per heavy atom. The first-order valence-electron chi connectivity index (χ1n) is 6.44. The summed E-state index contributed by atoms with van der Waals surface area (Å²) in [6.45, 7) is 5.26. The van der Waals surface area contributed by atoms with E-state index in [1.165, 1.54) is 0 Å². The summed E-state index contributed by atoms with van der Waals surface area (Å²) >= 11 is 0. The zero-order valence-corrected chi connectivity index (χ0v) is 12.3. The van der Waals surface area contributed by atoms with Crippen molar-refractivity contribution >= 4 is 23.5 Å². The minimum absolute atomic E-state index is 0.151. The number of primary amides is 1. The normalized spacial score (nSPS) is 10.6. The predicted molar refractivity (Wildman–Crippen MR) is 79.9 cm³/mol. The predicted octanol–water partition coefficient (Wildman–Crippen LogP) is 0.822. The lowest BCUT2D eigenvalue weighted by Crippen LogP contribution is -2.49. The van der Waals surface area contributed by atoms with Crippen molar-refractivity contribution < 1.29 is 14.4 Å². The minimum atomic E-state index is -0.594. The van der Waals surface area contributed by atoms with Gasteiger partial charge >= 0.3 is 6.03 Å². The van der Waals surface area contributed by atoms with Gasteiger partial charge in [-0.1, -0.05) is 12.1 Å². The van der Waals surface area contributed by atoms with Gasteiger partial charge in [0.1, 0.15) is 0 Å². The second-order valence-electron chi connectivity index (χ2n) is 5.52. The SMILES string of the molecule is CC(C)(C)NC(=O)NC(=O)CNc1ccccc1C(N)=O. The Morgan fingerprint density at radius 2 is 1.76 bits per heavy atom. The molecular weight excluding hydrogens is 272 g/mol. The van der Waals surface area contributed by atoms with Crippen molar-refractivity contribution in [3.05, 3.63) is 29.8 Å². The number of para-hydroxylation sites is 1. The highest BCUT2D eigenvalue weighted by atomic mass is 16.2. The summed E-state index contributed by atoms with van der Waals surface area (Å²) in [6.07, 6.45) is 0. The van der Waals surface area contributed by atoms with E-state index in [2.05, 4.69) is 16.0 Å². The fourth-order valence-electron chi connectivity index (χ4n) is 1.57. The molecule has 1 rings (SSSR count). The van der Waals surface area contributed by atoms with E-state index in [-0.39, 0.29) is 12.1 Å². The first kappa shape index (κ1) is 16.5. The number of carbonyl (C=O) groups is 3. The van der Waals surface area contributed by atoms with Crippen molar-refractivity contribution in [2.45, 2.75) is 26.3 Å². The van der Waals surface area contributed by atoms with E-state index < -0.39 is 23.4 Å². The van der Waals surface area contributed by atoms with Crippen LogP contribution in [0.1, 0.15) is 31.1 Å². The number of carbonyl (C=O) groups excluding carboxylic acids is 3. The lowest BCUT2D eigenvalue weighted by atomic mass is 10.1. The van der Waals surface area contributed by atoms with Gasteiger partial charge in [-0.25, -0.2) is 4.79 Å². The van der Waals surface area contributed by atoms with Crippen LogP contribution in [0.4, 0.5) is 10.5 Å². The third-order valence-corrected chi connectivity index (χ3v) is 2.37. The van der Waals surface area contributed by atoms with Crippen molar-refractivity contribution in [2.24, 2.45) is 5.73 Å². The lowest BCUT2D eigenvalue weighted by Gasteiger charge is -2.20. The Morgan fingerprint density at radius 1 is 1.14 bits per heavy atom. The van der Waals surface area contributed by atoms with E-state index >= 15 is 0 Å². The maximum absolute atomic E-state index is 11.6. The fraction of sp³-hybridized carbons (Fsp3) is 0.357. The molecule has 0 bridgehead atoms. The van der Waals surface area contributed by atoms with E-state index in [1.54, 1.807) is 45.0 Å². The van der Waals surface area contributed by atoms with Crippen molar-refractivity contribution in [1.29, 1.82) is 0 Å². The molecule has 0 saturated carbocycles. The molecule has 0 aliphatic heterocycles. The quantitative estimate of drug-likeness (QED) is 0.658. The molecule has 7 heteroatoms. The van der Waals surface area contributed by atoms with Crippen molar-refractivity contribution in [3.63, 3.8) is 0 Å². The number of rotatable bonds is 4. The number of anilines is 1. The first-order chi connectivity index (χ1) is 9.69. The molecule has 0 aromatic heterocycles. The van der Waals surface area contributed by atoms with Gasteiger partial charge in [-0.15, -0.1) is 0 Å². The van der Waals surface area contributed by atoms with Gasteiger partial charge in [0.15, 0.2) is 0 Å². The molecule has 0 aliphatic rings. The van der Waals surface area contributed by atoms with Crippen LogP contribution >= 0.6 is 0 Å². The van der Waals surface area contributed by atoms with Gasteiger partial charge in [0.25, 0.3) is 5.91 Å². The van der Waals surface area contributed by atoms with Gasteiger partial charge in [0, 0.05) is 11.2 Å². The molecule has 0 unspecified atom stereocenters. The van der Waals surface area contributed by atoms with Gasteiger partial charge in [0.2, 0.25) is 5.91 Å². The van der Waals surface area contributed by atoms with Gasteiger partial charge in [0.05, 0.1) is 12.1 Å². The number of hydrogen-bond donors (Lipinski definition) is 4. The van der Waals surface area contributed by atoms with Crippen LogP contribution in [0.3, 0.4) is 0 Å². The standard InChI is InChI=1S/C14H20N4O3/c1-14(2,3)18-13(21)17-11(19)8-16-10-7-5-4-6-9(10)12(15)20/h4-7,16H,8H2,1-3H3,(H2,15,20)(H2,17,18,19,21). The topological polar surface area (TPSA) is 113 Å². The monoisotopic (exact) mass is 292 g/mol. The Labute approximate surface area is 123 Å². The molecule has 0 atom stereocenters. The Hall–Kier alpha value is -2.57. The van der Waals surface area contributed by atoms with E-state index in [9.17, 15) is 14.4 Å². The van der Waals surface area contributed by atoms with Crippen molar-refractivity contribution in [2.75, 3.05) is 11.9 Å². The van der Waals surface area contributed by atoms with Crippen LogP contribution < -0.4 is 21.7 Å². The van der Waals surface area contributed by atoms with Crippen LogP contribution in [-0.2, 0) is 4.79 Å². The molecule has 0 aliphatic carbocycles. The molecule has 21 heavy (non-hydrogen) atoms. The van der Waals surface area contributed by atoms with Crippen molar-refractivity contribution in [1.82, 2.24) is 10.6 Å². The number of nitrogens with one attached hydrogen (secondary N) is 3. The largest absolute Gasteiger partial charge is 0.375 e. The van der Waals surface area contributed by atoms with E-state index in [4.69, 9.17) is 5.73 Å². The third kappa shape index (κ3) is 5.94. The Bertz CT molecular complexity index is 549. The summed E-state index contributed by atoms with van der Waals surface area (Å²) in [6, 6.07) is 5.98. The molecular formula is C14H20N4O3. The van der Waals surface area contributed by atoms with Crippen LogP contribution in [0.25, 0.3) is 0 Å². The van der Waals surface area contributed by atoms with E-state index in [0.29, 0.717) is 5.69 Å². The zero-order chi connectivity index (χ0) is 16.0. The smallest absolute Gasteiger partial charge is 0.321 e. The van der Waals surface area contributed by atoms with Crippen LogP contribution in [0.15, 0.2) is 24.3 Å². The molecule has 1 aromatic carbocycles. The molecule has 5 N–H and O–H groups in total. The molecule has 0 radical (unpaired) electrons. The highest BCUT2D eigenvalue weighted by molar-refractivity contribution is 6.00. The van der Waals surface area contributed by atoms with Crippen LogP contribution in [0.2, 0.25) is 0 Å². The average molecular weight is 292 g/mol. The molecule has 0 fully saturated rings. The van der Waals surface area contributed by atoms with Gasteiger partial charge in [-0.3, -0.25) is 14.9 Å². The molecule has 0 heterocycles. The summed E-state index contributed by atoms with van der Waals surface area (Å²) in [5, 5.41) is 7.56. The molecule has 114 valence electrons. The third-order valence-electron chi connectivity index (χ3n) is 2.37. The lowest BCUT2D eigenvalue weighted by molar-refractivity contribution is -0.118. The molecule has 7 nitrogen and oxygen atoms in total. The van der Waals surface area contributed by atoms with Gasteiger partial charge < -0.3 is 16.4 Å². The van der Waals surface area contributed by atoms with Crippen LogP contribution in [0.5, 0.6) is 0 Å². The molecule has 4 amide bonds. The number of amides is 4. The Kier molecular flexibility index (Phi) is 5.29. The van der Waals surface area contributed by atoms with Gasteiger partial charge in [-0.2, -0.15) is 0 Å². The average Bonchev–Trinajstić information content (AvgIpc) is 2.34. The fourth-order valence-corrected chi connectivity index (χ4v) is 1.57. The zero-order valence-electron chi connectivity index (χ0n) is 12.3. The van der Waals surface area contributed by atoms with Crippen LogP contribution in [-0.4, -0.2) is 29.9 Å². The van der Waals surface area contributed by atoms with Crippen molar-refractivity contribution in [3.8, 4) is 0 Å². The summed E-state index contributed by atoms with van der Waals surface area (Å²) in [4.78, 5) is 34.4. The number of urea groups is 1. The minimum Gasteiger partial charge on any atom is -0.375 e. The second kappa shape index (κ2) is 6.74. The summed E-state index contributed by atoms with van der Waals surface area (Å²) < 4.78 is 0. The summed E-state index contributed by atoms with van der Waals surface area (Å²) in [7, 11) is 0. The number of imide groups is 1. The molecule has 1 aromatic rings. The number of benzene rings is 1. The van der Waals surface area contributed by atoms with Gasteiger partial charge in [-0.05, 0) is 32.9 Å². The first-order valence-corrected chi connectivity index (χ1v) is 6.44. The van der Waals surface area contributed by atoms with E-state index in [0.717, 1.165) is 0 Å². The van der Waals surface area contributed by atoms with E-state index in [1.807, 2.05) is 0 Å². The molecule has 0 saturated heterocycles. The number of hydrogen-bond acceptors (Lipinski definition) is 4. The summed E-state index contributed by atoms with van der Waals surface area (Å²) in [5.41, 5.74) is 5.52. The second-order valence-corrected chi connectivity index (χ2v) is 5.52. The number of nitrogens with two attached hydrogens (primary N) is 1. The maximum atomic E-state index is 11.6. The highest BCUT2D eigenvalue weighted by Gasteiger charge is 2.16. The van der Waals surface area contributed by atoms with Crippen LogP contribution in [0, 0.1) is 0 Å². The maximum Gasteiger partial charge on any atom is 0.321 e. The highest BCUT2D eigenvalue weighted by Crippen LogP contribution is 2.13. The molecule has 0 spiro atoms. The summed E-state index contributed by atoms with van der Waals surface area (Å²) in [5.74, 6) is -1.11. The Balaban J connectivity index is 2.54.